The maximum Gasteiger partial charge on any atom is 0.0110 e. The molecule has 0 aromatic carbocycles. The number of rotatable bonds is 5. The molecule has 1 aliphatic rings. The summed E-state index contributed by atoms with van der Waals surface area (Å²) < 4.78 is 0. The highest BCUT2D eigenvalue weighted by molar-refractivity contribution is 4.70. The lowest BCUT2D eigenvalue weighted by Crippen LogP contribution is -2.44. The molecule has 0 aromatic heterocycles. The van der Waals surface area contributed by atoms with Crippen molar-refractivity contribution in [3.05, 3.63) is 0 Å². The Kier molecular flexibility index (Phi) is 5.45. The zero-order valence-corrected chi connectivity index (χ0v) is 9.71. The topological polar surface area (TPSA) is 32.5 Å². The van der Waals surface area contributed by atoms with Gasteiger partial charge in [-0.25, -0.2) is 0 Å². The van der Waals surface area contributed by atoms with Crippen LogP contribution in [0.3, 0.4) is 0 Å². The summed E-state index contributed by atoms with van der Waals surface area (Å²) in [5, 5.41) is 0. The summed E-state index contributed by atoms with van der Waals surface area (Å²) in [5.74, 6) is 0.791. The molecule has 3 heteroatoms. The molecular weight excluding hydrogens is 174 g/mol. The summed E-state index contributed by atoms with van der Waals surface area (Å²) >= 11 is 0. The molecule has 0 bridgehead atoms. The highest BCUT2D eigenvalue weighted by Crippen LogP contribution is 2.08. The zero-order chi connectivity index (χ0) is 10.4. The molecule has 2 N–H and O–H groups in total. The Morgan fingerprint density at radius 2 is 1.79 bits per heavy atom. The predicted octanol–water partition coefficient (Wildman–Crippen LogP) is 0.609. The van der Waals surface area contributed by atoms with Crippen molar-refractivity contribution in [1.82, 2.24) is 9.80 Å². The van der Waals surface area contributed by atoms with Crippen LogP contribution in [0.25, 0.3) is 0 Å². The molecule has 1 aliphatic heterocycles. The predicted molar refractivity (Wildman–Crippen MR) is 61.4 cm³/mol. The van der Waals surface area contributed by atoms with Gasteiger partial charge >= 0.3 is 0 Å². The number of piperazine rings is 1. The minimum atomic E-state index is 0.791. The Morgan fingerprint density at radius 1 is 1.14 bits per heavy atom. The van der Waals surface area contributed by atoms with Crippen molar-refractivity contribution in [2.45, 2.75) is 19.8 Å². The lowest BCUT2D eigenvalue weighted by molar-refractivity contribution is 0.147. The van der Waals surface area contributed by atoms with Crippen molar-refractivity contribution in [3.63, 3.8) is 0 Å². The standard InChI is InChI=1S/C11H25N3/c1-11(3-5-12)4-6-14-9-7-13(2)8-10-14/h11H,3-10,12H2,1-2H3. The van der Waals surface area contributed by atoms with Gasteiger partial charge in [0.05, 0.1) is 0 Å². The fourth-order valence-electron chi connectivity index (χ4n) is 1.90. The van der Waals surface area contributed by atoms with Crippen LogP contribution in [-0.2, 0) is 0 Å². The molecule has 0 saturated carbocycles. The second-order valence-electron chi connectivity index (χ2n) is 4.62. The van der Waals surface area contributed by atoms with E-state index in [-0.39, 0.29) is 0 Å². The van der Waals surface area contributed by atoms with E-state index in [0.29, 0.717) is 0 Å². The van der Waals surface area contributed by atoms with Gasteiger partial charge in [0, 0.05) is 26.2 Å². The van der Waals surface area contributed by atoms with Gasteiger partial charge in [-0.15, -0.1) is 0 Å². The molecule has 84 valence electrons. The number of nitrogens with two attached hydrogens (primary N) is 1. The molecule has 1 unspecified atom stereocenters. The highest BCUT2D eigenvalue weighted by Gasteiger charge is 2.13. The van der Waals surface area contributed by atoms with E-state index in [0.717, 1.165) is 12.5 Å². The minimum Gasteiger partial charge on any atom is -0.330 e. The molecule has 3 nitrogen and oxygen atoms in total. The number of hydrogen-bond acceptors (Lipinski definition) is 3. The summed E-state index contributed by atoms with van der Waals surface area (Å²) in [4.78, 5) is 4.98. The van der Waals surface area contributed by atoms with Crippen LogP contribution in [0.1, 0.15) is 19.8 Å². The van der Waals surface area contributed by atoms with Crippen LogP contribution in [0.5, 0.6) is 0 Å². The summed E-state index contributed by atoms with van der Waals surface area (Å²) in [6.07, 6.45) is 2.48. The Morgan fingerprint density at radius 3 is 2.36 bits per heavy atom. The van der Waals surface area contributed by atoms with Gasteiger partial charge in [-0.1, -0.05) is 6.92 Å². The van der Waals surface area contributed by atoms with E-state index in [2.05, 4.69) is 23.8 Å². The quantitative estimate of drug-likeness (QED) is 0.704. The SMILES string of the molecule is CC(CCN)CCN1CCN(C)CC1. The van der Waals surface area contributed by atoms with Crippen LogP contribution in [0.15, 0.2) is 0 Å². The van der Waals surface area contributed by atoms with Crippen LogP contribution >= 0.6 is 0 Å². The van der Waals surface area contributed by atoms with Crippen molar-refractivity contribution < 1.29 is 0 Å². The maximum atomic E-state index is 5.54. The first-order valence-electron chi connectivity index (χ1n) is 5.83. The monoisotopic (exact) mass is 199 g/mol. The molecule has 0 aliphatic carbocycles. The molecule has 1 saturated heterocycles. The maximum absolute atomic E-state index is 5.54. The van der Waals surface area contributed by atoms with Gasteiger partial charge in [0.15, 0.2) is 0 Å². The van der Waals surface area contributed by atoms with E-state index < -0.39 is 0 Å². The molecule has 0 aromatic rings. The summed E-state index contributed by atoms with van der Waals surface area (Å²) in [6.45, 7) is 9.34. The Balaban J connectivity index is 2.06. The van der Waals surface area contributed by atoms with E-state index in [1.54, 1.807) is 0 Å². The molecule has 0 radical (unpaired) electrons. The van der Waals surface area contributed by atoms with Crippen molar-refractivity contribution >= 4 is 0 Å². The van der Waals surface area contributed by atoms with Gasteiger partial charge < -0.3 is 15.5 Å². The minimum absolute atomic E-state index is 0.791. The van der Waals surface area contributed by atoms with Crippen LogP contribution < -0.4 is 5.73 Å². The third-order valence-corrected chi connectivity index (χ3v) is 3.19. The lowest BCUT2D eigenvalue weighted by Gasteiger charge is -2.32. The zero-order valence-electron chi connectivity index (χ0n) is 9.71. The average molecular weight is 199 g/mol. The number of likely N-dealkylation sites (N-methyl/N-ethyl adjacent to an activating group) is 1. The smallest absolute Gasteiger partial charge is 0.0110 e. The first kappa shape index (κ1) is 12.0. The van der Waals surface area contributed by atoms with Crippen molar-refractivity contribution in [3.8, 4) is 0 Å². The van der Waals surface area contributed by atoms with Gasteiger partial charge in [-0.05, 0) is 38.9 Å². The first-order valence-corrected chi connectivity index (χ1v) is 5.83. The third kappa shape index (κ3) is 4.40. The molecular formula is C11H25N3. The van der Waals surface area contributed by atoms with E-state index >= 15 is 0 Å². The van der Waals surface area contributed by atoms with Gasteiger partial charge in [-0.3, -0.25) is 0 Å². The van der Waals surface area contributed by atoms with Crippen molar-refractivity contribution in [1.29, 1.82) is 0 Å². The van der Waals surface area contributed by atoms with Crippen molar-refractivity contribution in [2.24, 2.45) is 11.7 Å². The van der Waals surface area contributed by atoms with Crippen LogP contribution in [0, 0.1) is 5.92 Å². The van der Waals surface area contributed by atoms with E-state index in [4.69, 9.17) is 5.73 Å². The molecule has 1 fully saturated rings. The number of hydrogen-bond donors (Lipinski definition) is 1. The fourth-order valence-corrected chi connectivity index (χ4v) is 1.90. The fraction of sp³-hybridized carbons (Fsp3) is 1.00. The Bertz CT molecular complexity index is 141. The van der Waals surface area contributed by atoms with Gasteiger partial charge in [-0.2, -0.15) is 0 Å². The number of nitrogens with zero attached hydrogens (tertiary/aromatic N) is 2. The van der Waals surface area contributed by atoms with E-state index in [1.807, 2.05) is 0 Å². The third-order valence-electron chi connectivity index (χ3n) is 3.19. The van der Waals surface area contributed by atoms with Crippen LogP contribution in [0.4, 0.5) is 0 Å². The van der Waals surface area contributed by atoms with E-state index in [9.17, 15) is 0 Å². The highest BCUT2D eigenvalue weighted by atomic mass is 15.2. The van der Waals surface area contributed by atoms with Gasteiger partial charge in [0.2, 0.25) is 0 Å². The summed E-state index contributed by atoms with van der Waals surface area (Å²) in [7, 11) is 2.20. The second kappa shape index (κ2) is 6.38. The molecule has 14 heavy (non-hydrogen) atoms. The molecule has 0 amide bonds. The summed E-state index contributed by atoms with van der Waals surface area (Å²) in [5.41, 5.74) is 5.54. The van der Waals surface area contributed by atoms with Crippen LogP contribution in [0.2, 0.25) is 0 Å². The van der Waals surface area contributed by atoms with Gasteiger partial charge in [0.1, 0.15) is 0 Å². The van der Waals surface area contributed by atoms with Crippen LogP contribution in [-0.4, -0.2) is 56.1 Å². The lowest BCUT2D eigenvalue weighted by atomic mass is 10.0. The normalized spacial score (nSPS) is 22.5. The Hall–Kier alpha value is -0.120. The molecule has 0 spiro atoms. The molecule has 1 atom stereocenters. The van der Waals surface area contributed by atoms with E-state index in [1.165, 1.54) is 45.6 Å². The first-order chi connectivity index (χ1) is 6.72. The molecule has 1 heterocycles. The van der Waals surface area contributed by atoms with Gasteiger partial charge in [0.25, 0.3) is 0 Å². The molecule has 1 rings (SSSR count). The second-order valence-corrected chi connectivity index (χ2v) is 4.62. The largest absolute Gasteiger partial charge is 0.330 e. The van der Waals surface area contributed by atoms with Crippen molar-refractivity contribution in [2.75, 3.05) is 46.3 Å². The average Bonchev–Trinajstić information content (AvgIpc) is 2.17. The summed E-state index contributed by atoms with van der Waals surface area (Å²) in [6, 6.07) is 0. The Labute approximate surface area is 88.2 Å².